The van der Waals surface area contributed by atoms with Crippen LogP contribution in [-0.2, 0) is 6.42 Å². The molecule has 0 radical (unpaired) electrons. The molecule has 0 fully saturated rings. The summed E-state index contributed by atoms with van der Waals surface area (Å²) in [6.45, 7) is 1.95. The predicted molar refractivity (Wildman–Crippen MR) is 106 cm³/mol. The Morgan fingerprint density at radius 3 is 2.71 bits per heavy atom. The zero-order valence-corrected chi connectivity index (χ0v) is 15.8. The molecule has 140 valence electrons. The third-order valence-corrected chi connectivity index (χ3v) is 5.15. The minimum absolute atomic E-state index is 0.213. The maximum atomic E-state index is 13.0. The molecule has 0 saturated carbocycles. The largest absolute Gasteiger partial charge is 0.443 e. The van der Waals surface area contributed by atoms with Crippen molar-refractivity contribution in [1.82, 2.24) is 9.97 Å². The minimum atomic E-state index is -0.380. The van der Waals surface area contributed by atoms with Crippen molar-refractivity contribution in [3.05, 3.63) is 88.6 Å². The summed E-state index contributed by atoms with van der Waals surface area (Å²) in [7, 11) is 0. The highest BCUT2D eigenvalue weighted by Crippen LogP contribution is 2.28. The molecule has 0 bridgehead atoms. The highest BCUT2D eigenvalue weighted by Gasteiger charge is 2.20. The molecule has 0 aliphatic carbocycles. The van der Waals surface area contributed by atoms with E-state index in [0.29, 0.717) is 17.3 Å². The number of aryl methyl sites for hydroxylation is 1. The average molecular weight is 393 g/mol. The van der Waals surface area contributed by atoms with Gasteiger partial charge in [0.25, 0.3) is 5.91 Å². The molecule has 1 N–H and O–H groups in total. The van der Waals surface area contributed by atoms with Gasteiger partial charge in [0.2, 0.25) is 0 Å². The number of amides is 1. The Kier molecular flexibility index (Phi) is 4.99. The number of carbonyl (C=O) groups excluding carboxylic acids is 1. The van der Waals surface area contributed by atoms with Crippen LogP contribution in [0.4, 0.5) is 9.52 Å². The summed E-state index contributed by atoms with van der Waals surface area (Å²) in [5.41, 5.74) is 3.00. The molecule has 7 heteroatoms. The van der Waals surface area contributed by atoms with E-state index >= 15 is 0 Å². The smallest absolute Gasteiger partial charge is 0.280 e. The van der Waals surface area contributed by atoms with E-state index in [1.54, 1.807) is 18.3 Å². The highest BCUT2D eigenvalue weighted by atomic mass is 32.1. The number of hydrogen-bond acceptors (Lipinski definition) is 5. The van der Waals surface area contributed by atoms with E-state index in [0.717, 1.165) is 21.6 Å². The van der Waals surface area contributed by atoms with Crippen LogP contribution in [0, 0.1) is 12.7 Å². The van der Waals surface area contributed by atoms with E-state index in [1.165, 1.54) is 29.9 Å². The van der Waals surface area contributed by atoms with Gasteiger partial charge in [-0.25, -0.2) is 14.4 Å². The lowest BCUT2D eigenvalue weighted by Crippen LogP contribution is -2.13. The maximum absolute atomic E-state index is 13.0. The topological polar surface area (TPSA) is 68.0 Å². The standard InChI is InChI=1S/C21H16FN3O2S/c1-13-4-2-3-5-17(13)19-18(24-12-27-19)20(26)25-21-23-11-16(28-21)10-14-6-8-15(22)9-7-14/h2-9,11-12H,10H2,1H3,(H,23,25,26). The van der Waals surface area contributed by atoms with Gasteiger partial charge in [-0.3, -0.25) is 10.1 Å². The fourth-order valence-electron chi connectivity index (χ4n) is 2.83. The normalized spacial score (nSPS) is 10.8. The lowest BCUT2D eigenvalue weighted by Gasteiger charge is -2.04. The van der Waals surface area contributed by atoms with Crippen LogP contribution in [0.2, 0.25) is 0 Å². The molecule has 2 aromatic heterocycles. The van der Waals surface area contributed by atoms with Gasteiger partial charge in [-0.05, 0) is 30.2 Å². The molecule has 0 spiro atoms. The van der Waals surface area contributed by atoms with Crippen molar-refractivity contribution in [2.24, 2.45) is 0 Å². The number of benzene rings is 2. The van der Waals surface area contributed by atoms with E-state index in [9.17, 15) is 9.18 Å². The first kappa shape index (κ1) is 18.1. The lowest BCUT2D eigenvalue weighted by molar-refractivity contribution is 0.102. The van der Waals surface area contributed by atoms with Crippen molar-refractivity contribution < 1.29 is 13.6 Å². The van der Waals surface area contributed by atoms with E-state index in [-0.39, 0.29) is 17.4 Å². The Bertz CT molecular complexity index is 1120. The molecule has 5 nitrogen and oxygen atoms in total. The van der Waals surface area contributed by atoms with E-state index in [1.807, 2.05) is 31.2 Å². The quantitative estimate of drug-likeness (QED) is 0.513. The molecule has 2 heterocycles. The summed E-state index contributed by atoms with van der Waals surface area (Å²) in [4.78, 5) is 22.0. The first-order chi connectivity index (χ1) is 13.6. The Morgan fingerprint density at radius 2 is 1.93 bits per heavy atom. The van der Waals surface area contributed by atoms with Crippen molar-refractivity contribution in [3.8, 4) is 11.3 Å². The highest BCUT2D eigenvalue weighted by molar-refractivity contribution is 7.15. The molecule has 0 saturated heterocycles. The zero-order chi connectivity index (χ0) is 19.5. The SMILES string of the molecule is Cc1ccccc1-c1ocnc1C(=O)Nc1ncc(Cc2ccc(F)cc2)s1. The van der Waals surface area contributed by atoms with Gasteiger partial charge in [0, 0.05) is 23.1 Å². The van der Waals surface area contributed by atoms with Crippen LogP contribution in [0.1, 0.15) is 26.5 Å². The maximum Gasteiger partial charge on any atom is 0.280 e. The number of oxazole rings is 1. The average Bonchev–Trinajstić information content (AvgIpc) is 3.34. The van der Waals surface area contributed by atoms with Gasteiger partial charge in [-0.2, -0.15) is 0 Å². The Labute approximate surface area is 164 Å². The molecule has 28 heavy (non-hydrogen) atoms. The predicted octanol–water partition coefficient (Wildman–Crippen LogP) is 5.09. The molecule has 4 aromatic rings. The second kappa shape index (κ2) is 7.74. The van der Waals surface area contributed by atoms with Crippen molar-refractivity contribution in [1.29, 1.82) is 0 Å². The van der Waals surface area contributed by atoms with Gasteiger partial charge in [0.05, 0.1) is 0 Å². The van der Waals surface area contributed by atoms with Crippen molar-refractivity contribution in [3.63, 3.8) is 0 Å². The van der Waals surface area contributed by atoms with Crippen LogP contribution in [0.5, 0.6) is 0 Å². The van der Waals surface area contributed by atoms with E-state index in [4.69, 9.17) is 4.42 Å². The second-order valence-electron chi connectivity index (χ2n) is 6.23. The van der Waals surface area contributed by atoms with Gasteiger partial charge < -0.3 is 4.42 Å². The van der Waals surface area contributed by atoms with Crippen LogP contribution >= 0.6 is 11.3 Å². The first-order valence-electron chi connectivity index (χ1n) is 8.60. The number of halogens is 1. The zero-order valence-electron chi connectivity index (χ0n) is 15.0. The van der Waals surface area contributed by atoms with Crippen LogP contribution in [-0.4, -0.2) is 15.9 Å². The van der Waals surface area contributed by atoms with Gasteiger partial charge in [0.1, 0.15) is 5.82 Å². The Balaban J connectivity index is 1.50. The van der Waals surface area contributed by atoms with Crippen LogP contribution < -0.4 is 5.32 Å². The molecular formula is C21H16FN3O2S. The molecular weight excluding hydrogens is 377 g/mol. The number of carbonyl (C=O) groups is 1. The van der Waals surface area contributed by atoms with Crippen LogP contribution in [0.15, 0.2) is 65.5 Å². The van der Waals surface area contributed by atoms with Crippen molar-refractivity contribution in [2.45, 2.75) is 13.3 Å². The van der Waals surface area contributed by atoms with Gasteiger partial charge in [0.15, 0.2) is 23.0 Å². The fourth-order valence-corrected chi connectivity index (χ4v) is 3.68. The van der Waals surface area contributed by atoms with E-state index < -0.39 is 0 Å². The number of nitrogens with one attached hydrogen (secondary N) is 1. The molecule has 0 aliphatic heterocycles. The summed E-state index contributed by atoms with van der Waals surface area (Å²) in [6.07, 6.45) is 3.58. The number of rotatable bonds is 5. The fraction of sp³-hybridized carbons (Fsp3) is 0.0952. The first-order valence-corrected chi connectivity index (χ1v) is 9.42. The summed E-state index contributed by atoms with van der Waals surface area (Å²) >= 11 is 1.37. The molecule has 4 rings (SSSR count). The van der Waals surface area contributed by atoms with Crippen LogP contribution in [0.25, 0.3) is 11.3 Å². The third kappa shape index (κ3) is 3.84. The number of nitrogens with zero attached hydrogens (tertiary/aromatic N) is 2. The molecule has 2 aromatic carbocycles. The summed E-state index contributed by atoms with van der Waals surface area (Å²) in [5, 5.41) is 3.25. The molecule has 0 aliphatic rings. The summed E-state index contributed by atoms with van der Waals surface area (Å²) in [5.74, 6) is -0.216. The number of anilines is 1. The number of aromatic nitrogens is 2. The molecule has 0 unspecified atom stereocenters. The van der Waals surface area contributed by atoms with Gasteiger partial charge in [-0.15, -0.1) is 11.3 Å². The lowest BCUT2D eigenvalue weighted by atomic mass is 10.1. The Morgan fingerprint density at radius 1 is 1.14 bits per heavy atom. The third-order valence-electron chi connectivity index (χ3n) is 4.24. The summed E-state index contributed by atoms with van der Waals surface area (Å²) in [6, 6.07) is 14.0. The minimum Gasteiger partial charge on any atom is -0.443 e. The van der Waals surface area contributed by atoms with Crippen LogP contribution in [0.3, 0.4) is 0 Å². The number of hydrogen-bond donors (Lipinski definition) is 1. The van der Waals surface area contributed by atoms with E-state index in [2.05, 4.69) is 15.3 Å². The second-order valence-corrected chi connectivity index (χ2v) is 7.35. The molecule has 1 amide bonds. The van der Waals surface area contributed by atoms with Gasteiger partial charge in [-0.1, -0.05) is 36.4 Å². The summed E-state index contributed by atoms with van der Waals surface area (Å²) < 4.78 is 18.5. The Hall–Kier alpha value is -3.32. The molecule has 0 atom stereocenters. The monoisotopic (exact) mass is 393 g/mol. The van der Waals surface area contributed by atoms with Crippen molar-refractivity contribution in [2.75, 3.05) is 5.32 Å². The van der Waals surface area contributed by atoms with Gasteiger partial charge >= 0.3 is 0 Å². The van der Waals surface area contributed by atoms with Crippen molar-refractivity contribution >= 4 is 22.4 Å². The number of thiazole rings is 1.